The topological polar surface area (TPSA) is 26.7 Å². The quantitative estimate of drug-likeness (QED) is 0.149. The second-order valence-electron chi connectivity index (χ2n) is 14.1. The van der Waals surface area contributed by atoms with Gasteiger partial charge in [0.15, 0.2) is 0 Å². The molecule has 3 aliphatic rings. The van der Waals surface area contributed by atoms with E-state index in [1.54, 1.807) is 0 Å². The first-order chi connectivity index (χ1) is 28.7. The number of aryl methyl sites for hydroxylation is 1. The summed E-state index contributed by atoms with van der Waals surface area (Å²) in [6.45, 7) is 15.0. The highest BCUT2D eigenvalue weighted by molar-refractivity contribution is 6.02. The van der Waals surface area contributed by atoms with Gasteiger partial charge >= 0.3 is 0 Å². The zero-order chi connectivity index (χ0) is 40.6. The fraction of sp³-hybridized carbons (Fsp3) is 0.127. The Morgan fingerprint density at radius 2 is 1.17 bits per heavy atom. The molecule has 1 atom stereocenters. The largest absolute Gasteiger partial charge is 0.400 e. The van der Waals surface area contributed by atoms with Crippen LogP contribution in [0.1, 0.15) is 60.1 Å². The molecule has 0 fully saturated rings. The number of nitrogens with zero attached hydrogens (tertiary/aromatic N) is 2. The lowest BCUT2D eigenvalue weighted by molar-refractivity contribution is 0.399. The van der Waals surface area contributed by atoms with E-state index in [4.69, 9.17) is 5.11 Å². The Bertz CT molecular complexity index is 2500. The second kappa shape index (κ2) is 17.6. The first kappa shape index (κ1) is 39.6. The summed E-state index contributed by atoms with van der Waals surface area (Å²) >= 11 is 0. The maximum absolute atomic E-state index is 7.00. The smallest absolute Gasteiger partial charge is 0.0882 e. The molecule has 58 heavy (non-hydrogen) atoms. The molecule has 3 aliphatic carbocycles. The van der Waals surface area contributed by atoms with Crippen LogP contribution < -0.4 is 9.80 Å². The van der Waals surface area contributed by atoms with Gasteiger partial charge in [-0.25, -0.2) is 0 Å². The molecule has 0 radical (unpaired) electrons. The van der Waals surface area contributed by atoms with Crippen LogP contribution in [0.5, 0.6) is 0 Å². The Hall–Kier alpha value is -6.68. The highest BCUT2D eigenvalue weighted by atomic mass is 16.2. The van der Waals surface area contributed by atoms with Crippen molar-refractivity contribution in [3.63, 3.8) is 0 Å². The molecule has 0 aromatic heterocycles. The normalized spacial score (nSPS) is 15.8. The van der Waals surface area contributed by atoms with Crippen molar-refractivity contribution in [2.24, 2.45) is 0 Å². The van der Waals surface area contributed by atoms with Gasteiger partial charge < -0.3 is 14.9 Å². The number of allylic oxidation sites excluding steroid dienone is 8. The van der Waals surface area contributed by atoms with Crippen molar-refractivity contribution in [1.29, 1.82) is 0 Å². The van der Waals surface area contributed by atoms with Crippen LogP contribution in [0.2, 0.25) is 0 Å². The van der Waals surface area contributed by atoms with Crippen LogP contribution in [0.4, 0.5) is 17.1 Å². The third-order valence-corrected chi connectivity index (χ3v) is 11.2. The van der Waals surface area contributed by atoms with E-state index in [2.05, 4.69) is 206 Å². The van der Waals surface area contributed by atoms with E-state index in [0.29, 0.717) is 0 Å². The number of para-hydroxylation sites is 3. The SMILES string of the molecule is C=C/C(=C\C1=C(N(c2ccccc2)c2ccccc2)C2(c3ccccc31)c1ccccc1-c1c2ccc(C)c1C=C)N(C1=CC=CCC1)c1ccccc1.CC.CO. The summed E-state index contributed by atoms with van der Waals surface area (Å²) in [5.74, 6) is 0. The second-order valence-corrected chi connectivity index (χ2v) is 14.1. The van der Waals surface area contributed by atoms with Gasteiger partial charge in [-0.15, -0.1) is 0 Å². The average molecular weight is 757 g/mol. The fourth-order valence-electron chi connectivity index (χ4n) is 9.00. The van der Waals surface area contributed by atoms with Crippen LogP contribution in [0, 0.1) is 6.92 Å². The standard InChI is InChI=1S/C52H42N2.C2H6.CH4O/c1-4-38(53(39-22-10-6-11-23-39)40-24-12-7-13-25-40)36-46-44-30-18-20-32-47(44)52(51(46)54(41-26-14-8-15-27-41)42-28-16-9-17-29-42)48-33-21-19-31-45(48)50-43(5-2)37(3)34-35-49(50)52;2*1-2/h4-12,14-24,26-36H,1-2,13,25H2,3H3;1-2H3;2H,1H3/b38-36+;;. The Labute approximate surface area is 345 Å². The fourth-order valence-corrected chi connectivity index (χ4v) is 9.00. The lowest BCUT2D eigenvalue weighted by Gasteiger charge is -2.40. The molecule has 0 bridgehead atoms. The Morgan fingerprint density at radius 3 is 1.72 bits per heavy atom. The summed E-state index contributed by atoms with van der Waals surface area (Å²) in [4.78, 5) is 4.89. The summed E-state index contributed by atoms with van der Waals surface area (Å²) in [5, 5.41) is 7.00. The van der Waals surface area contributed by atoms with E-state index < -0.39 is 5.41 Å². The first-order valence-electron chi connectivity index (χ1n) is 20.3. The van der Waals surface area contributed by atoms with E-state index in [0.717, 1.165) is 48.3 Å². The Kier molecular flexibility index (Phi) is 12.0. The van der Waals surface area contributed by atoms with Gasteiger partial charge in [0.05, 0.1) is 11.1 Å². The van der Waals surface area contributed by atoms with Gasteiger partial charge in [-0.05, 0) is 119 Å². The summed E-state index contributed by atoms with van der Waals surface area (Å²) < 4.78 is 0. The lowest BCUT2D eigenvalue weighted by atomic mass is 9.71. The minimum atomic E-state index is -0.651. The van der Waals surface area contributed by atoms with Crippen LogP contribution in [-0.2, 0) is 5.41 Å². The number of hydrogen-bond acceptors (Lipinski definition) is 3. The molecule has 0 amide bonds. The minimum Gasteiger partial charge on any atom is -0.400 e. The summed E-state index contributed by atoms with van der Waals surface area (Å²) in [6.07, 6.45) is 15.1. The predicted octanol–water partition coefficient (Wildman–Crippen LogP) is 14.0. The molecule has 288 valence electrons. The Balaban J connectivity index is 0.00000124. The van der Waals surface area contributed by atoms with Gasteiger partial charge in [-0.2, -0.15) is 0 Å². The van der Waals surface area contributed by atoms with Crippen molar-refractivity contribution in [1.82, 2.24) is 0 Å². The van der Waals surface area contributed by atoms with Crippen LogP contribution >= 0.6 is 0 Å². The van der Waals surface area contributed by atoms with Crippen molar-refractivity contribution in [3.05, 3.63) is 246 Å². The van der Waals surface area contributed by atoms with Gasteiger partial charge in [0.1, 0.15) is 0 Å². The highest BCUT2D eigenvalue weighted by Gasteiger charge is 2.55. The molecular weight excluding hydrogens is 705 g/mol. The molecule has 1 unspecified atom stereocenters. The molecule has 3 heteroatoms. The maximum atomic E-state index is 7.00. The maximum Gasteiger partial charge on any atom is 0.0882 e. The third-order valence-electron chi connectivity index (χ3n) is 11.2. The first-order valence-corrected chi connectivity index (χ1v) is 20.3. The van der Waals surface area contributed by atoms with Gasteiger partial charge in [-0.3, -0.25) is 0 Å². The average Bonchev–Trinajstić information content (AvgIpc) is 3.75. The van der Waals surface area contributed by atoms with Gasteiger partial charge in [0.25, 0.3) is 0 Å². The van der Waals surface area contributed by atoms with E-state index >= 15 is 0 Å². The van der Waals surface area contributed by atoms with Crippen molar-refractivity contribution in [3.8, 4) is 11.1 Å². The molecule has 0 saturated carbocycles. The number of fused-ring (bicyclic) bond motifs is 7. The van der Waals surface area contributed by atoms with E-state index in [1.807, 2.05) is 26.0 Å². The Morgan fingerprint density at radius 1 is 0.638 bits per heavy atom. The van der Waals surface area contributed by atoms with Crippen LogP contribution in [0.15, 0.2) is 212 Å². The van der Waals surface area contributed by atoms with Crippen molar-refractivity contribution in [2.45, 2.75) is 39.0 Å². The van der Waals surface area contributed by atoms with E-state index in [1.165, 1.54) is 55.9 Å². The van der Waals surface area contributed by atoms with Crippen molar-refractivity contribution < 1.29 is 5.11 Å². The number of aliphatic hydroxyl groups excluding tert-OH is 1. The van der Waals surface area contributed by atoms with Crippen LogP contribution in [0.3, 0.4) is 0 Å². The minimum absolute atomic E-state index is 0.651. The molecule has 9 rings (SSSR count). The number of benzene rings is 6. The number of hydrogen-bond donors (Lipinski definition) is 1. The van der Waals surface area contributed by atoms with Gasteiger partial charge in [0, 0.05) is 41.1 Å². The third kappa shape index (κ3) is 6.58. The molecule has 6 aromatic carbocycles. The van der Waals surface area contributed by atoms with Crippen LogP contribution in [-0.4, -0.2) is 12.2 Å². The number of aliphatic hydroxyl groups is 1. The zero-order valence-electron chi connectivity index (χ0n) is 34.1. The van der Waals surface area contributed by atoms with E-state index in [9.17, 15) is 0 Å². The molecule has 0 saturated heterocycles. The highest BCUT2D eigenvalue weighted by Crippen LogP contribution is 2.64. The molecule has 0 heterocycles. The molecule has 6 aromatic rings. The predicted molar refractivity (Wildman–Crippen MR) is 248 cm³/mol. The van der Waals surface area contributed by atoms with Crippen molar-refractivity contribution in [2.75, 3.05) is 16.9 Å². The molecule has 0 aliphatic heterocycles. The van der Waals surface area contributed by atoms with E-state index in [-0.39, 0.29) is 0 Å². The number of anilines is 3. The van der Waals surface area contributed by atoms with Gasteiger partial charge in [0.2, 0.25) is 0 Å². The summed E-state index contributed by atoms with van der Waals surface area (Å²) in [6, 6.07) is 55.1. The van der Waals surface area contributed by atoms with Crippen molar-refractivity contribution >= 4 is 28.7 Å². The zero-order valence-corrected chi connectivity index (χ0v) is 34.1. The molecule has 1 spiro atoms. The molecule has 1 N–H and O–H groups in total. The molecular formula is C55H52N2O. The molecule has 3 nitrogen and oxygen atoms in total. The van der Waals surface area contributed by atoms with Crippen LogP contribution in [0.25, 0.3) is 22.8 Å². The summed E-state index contributed by atoms with van der Waals surface area (Å²) in [7, 11) is 1.00. The number of rotatable bonds is 9. The monoisotopic (exact) mass is 756 g/mol. The van der Waals surface area contributed by atoms with Gasteiger partial charge in [-0.1, -0.05) is 160 Å². The summed E-state index contributed by atoms with van der Waals surface area (Å²) in [5.41, 5.74) is 17.2. The lowest BCUT2D eigenvalue weighted by Crippen LogP contribution is -2.35.